The van der Waals surface area contributed by atoms with Gasteiger partial charge in [0.2, 0.25) is 0 Å². The number of nitrogens with zero attached hydrogens (tertiary/aromatic N) is 2. The Hall–Kier alpha value is -0.951. The Morgan fingerprint density at radius 1 is 1.07 bits per heavy atom. The van der Waals surface area contributed by atoms with Gasteiger partial charge in [-0.05, 0) is 49.1 Å². The average Bonchev–Trinajstić information content (AvgIpc) is 3.09. The van der Waals surface area contributed by atoms with Crippen molar-refractivity contribution in [3.05, 3.63) is 59.2 Å². The van der Waals surface area contributed by atoms with Crippen LogP contribution in [0.15, 0.2) is 48.5 Å². The number of fused-ring (bicyclic) bond motifs is 1. The van der Waals surface area contributed by atoms with Crippen molar-refractivity contribution >= 4 is 65.2 Å². The van der Waals surface area contributed by atoms with Gasteiger partial charge in [0.25, 0.3) is 0 Å². The van der Waals surface area contributed by atoms with Crippen LogP contribution < -0.4 is 0 Å². The number of carboxylic acids is 1. The van der Waals surface area contributed by atoms with E-state index in [0.29, 0.717) is 5.02 Å². The molecule has 1 saturated carbocycles. The minimum absolute atomic E-state index is 0.146. The Bertz CT molecular complexity index is 956. The molecule has 152 valence electrons. The first-order chi connectivity index (χ1) is 14.1. The van der Waals surface area contributed by atoms with Crippen LogP contribution in [0.1, 0.15) is 43.7 Å². The Balaban J connectivity index is 0.000000755. The molecule has 2 radical (unpaired) electrons. The van der Waals surface area contributed by atoms with Crippen molar-refractivity contribution in [3.63, 3.8) is 0 Å². The van der Waals surface area contributed by atoms with Gasteiger partial charge in [-0.25, -0.2) is 4.68 Å². The third kappa shape index (κ3) is 5.40. The van der Waals surface area contributed by atoms with E-state index in [1.807, 2.05) is 48.5 Å². The number of aromatic nitrogens is 2. The second-order valence-corrected chi connectivity index (χ2v) is 11.8. The predicted octanol–water partition coefficient (Wildman–Crippen LogP) is 6.43. The molecule has 0 saturated heterocycles. The summed E-state index contributed by atoms with van der Waals surface area (Å²) in [7, 11) is 9.87. The number of carbonyl (C=O) groups is 1. The van der Waals surface area contributed by atoms with E-state index in [2.05, 4.69) is 0 Å². The summed E-state index contributed by atoms with van der Waals surface area (Å²) >= 11 is 5.20. The molecule has 3 aromatic rings. The Morgan fingerprint density at radius 2 is 1.69 bits per heavy atom. The van der Waals surface area contributed by atoms with Crippen molar-refractivity contribution < 1.29 is 9.90 Å². The maximum atomic E-state index is 12.3. The summed E-state index contributed by atoms with van der Waals surface area (Å²) in [5, 5.41) is 16.4. The summed E-state index contributed by atoms with van der Waals surface area (Å²) in [6.45, 7) is 0. The first-order valence-corrected chi connectivity index (χ1v) is 17.1. The molecule has 1 unspecified atom stereocenters. The molecule has 29 heavy (non-hydrogen) atoms. The minimum atomic E-state index is -0.826. The van der Waals surface area contributed by atoms with Gasteiger partial charge in [-0.15, -0.1) is 0 Å². The molecule has 0 spiro atoms. The molecule has 4 nitrogen and oxygen atoms in total. The number of aliphatic carboxylic acids is 1. The van der Waals surface area contributed by atoms with Crippen molar-refractivity contribution in [1.82, 2.24) is 9.78 Å². The molecule has 1 N–H and O–H groups in total. The van der Waals surface area contributed by atoms with Crippen molar-refractivity contribution in [2.75, 3.05) is 0 Å². The number of hydrogen-bond donors (Lipinski definition) is 1. The maximum absolute atomic E-state index is 12.3. The second-order valence-electron chi connectivity index (χ2n) is 7.08. The van der Waals surface area contributed by atoms with Crippen LogP contribution in [0.2, 0.25) is 5.02 Å². The number of benzene rings is 2. The van der Waals surface area contributed by atoms with Gasteiger partial charge >= 0.3 is 42.7 Å². The Labute approximate surface area is 192 Å². The van der Waals surface area contributed by atoms with Gasteiger partial charge in [0.15, 0.2) is 0 Å². The predicted molar refractivity (Wildman–Crippen MR) is 120 cm³/mol. The van der Waals surface area contributed by atoms with Crippen LogP contribution in [0.4, 0.5) is 0 Å². The van der Waals surface area contributed by atoms with Gasteiger partial charge < -0.3 is 5.11 Å². The van der Waals surface area contributed by atoms with Gasteiger partial charge in [-0.2, -0.15) is 5.10 Å². The third-order valence-electron chi connectivity index (χ3n) is 5.37. The fraction of sp³-hybridized carbons (Fsp3) is 0.333. The molecule has 4 rings (SSSR count). The summed E-state index contributed by atoms with van der Waals surface area (Å²) in [4.78, 5) is 12.3. The van der Waals surface area contributed by atoms with Gasteiger partial charge in [-0.3, -0.25) is 4.79 Å². The summed E-state index contributed by atoms with van der Waals surface area (Å²) in [6, 6.07) is 15.2. The van der Waals surface area contributed by atoms with Crippen LogP contribution in [0.5, 0.6) is 0 Å². The molecule has 2 aromatic carbocycles. The van der Waals surface area contributed by atoms with Crippen molar-refractivity contribution in [3.8, 4) is 5.69 Å². The first kappa shape index (κ1) is 22.7. The second kappa shape index (κ2) is 10.9. The van der Waals surface area contributed by atoms with Crippen molar-refractivity contribution in [2.24, 2.45) is 5.92 Å². The van der Waals surface area contributed by atoms with Crippen LogP contribution in [0.25, 0.3) is 16.6 Å². The van der Waals surface area contributed by atoms with E-state index in [1.165, 1.54) is 6.42 Å². The molecule has 0 aliphatic heterocycles. The molecule has 1 heterocycles. The van der Waals surface area contributed by atoms with E-state index >= 15 is 0 Å². The topological polar surface area (TPSA) is 55.1 Å². The van der Waals surface area contributed by atoms with Gasteiger partial charge in [0.1, 0.15) is 5.92 Å². The van der Waals surface area contributed by atoms with Crippen LogP contribution in [0.3, 0.4) is 0 Å². The normalized spacial score (nSPS) is 15.6. The van der Waals surface area contributed by atoms with E-state index in [-0.39, 0.29) is 5.92 Å². The Kier molecular flexibility index (Phi) is 8.54. The monoisotopic (exact) mass is 558 g/mol. The summed E-state index contributed by atoms with van der Waals surface area (Å²) in [6.07, 6.45) is 5.30. The molecular formula is C21H21Cl3N2O2Sn. The zero-order valence-corrected chi connectivity index (χ0v) is 20.8. The van der Waals surface area contributed by atoms with Gasteiger partial charge in [0.05, 0.1) is 16.9 Å². The molecule has 1 aromatic heterocycles. The van der Waals surface area contributed by atoms with E-state index in [9.17, 15) is 9.90 Å². The van der Waals surface area contributed by atoms with E-state index in [4.69, 9.17) is 34.5 Å². The summed E-state index contributed by atoms with van der Waals surface area (Å²) < 4.78 is 1.80. The fourth-order valence-electron chi connectivity index (χ4n) is 4.14. The molecule has 1 aliphatic carbocycles. The number of carboxylic acid groups (broad SMARTS) is 1. The van der Waals surface area contributed by atoms with Crippen molar-refractivity contribution in [1.29, 1.82) is 0 Å². The number of halogens is 3. The summed E-state index contributed by atoms with van der Waals surface area (Å²) in [5.41, 5.74) is 2.43. The number of rotatable bonds is 4. The molecule has 1 atom stereocenters. The molecular weight excluding hydrogens is 537 g/mol. The molecule has 1 fully saturated rings. The van der Waals surface area contributed by atoms with E-state index in [0.717, 1.165) is 48.0 Å². The third-order valence-corrected chi connectivity index (χ3v) is 5.62. The van der Waals surface area contributed by atoms with Crippen LogP contribution in [-0.2, 0) is 4.79 Å². The van der Waals surface area contributed by atoms with Gasteiger partial charge in [0, 0.05) is 10.4 Å². The van der Waals surface area contributed by atoms with Crippen LogP contribution in [0, 0.1) is 5.92 Å². The SMILES string of the molecule is O=C(O)C(c1c2ccccc2nn1-c1ccc(Cl)cc1)C1CCCCC1.[Cl][Sn][Cl]. The zero-order valence-electron chi connectivity index (χ0n) is 15.7. The quantitative estimate of drug-likeness (QED) is 0.376. The zero-order chi connectivity index (χ0) is 20.8. The Morgan fingerprint density at radius 3 is 2.31 bits per heavy atom. The fourth-order valence-corrected chi connectivity index (χ4v) is 4.27. The van der Waals surface area contributed by atoms with Gasteiger partial charge in [-0.1, -0.05) is 49.1 Å². The van der Waals surface area contributed by atoms with Crippen LogP contribution in [-0.4, -0.2) is 39.7 Å². The molecule has 8 heteroatoms. The first-order valence-electron chi connectivity index (χ1n) is 9.49. The standard InChI is InChI=1S/C21H21ClN2O2.2ClH.Sn/c22-15-10-12-16(13-11-15)24-20(17-8-4-5-9-18(17)23-24)19(21(25)26)14-6-2-1-3-7-14;;;/h4-5,8-14,19H,1-3,6-7H2,(H,25,26);2*1H;/q;;;+2/p-2. The number of hydrogen-bond acceptors (Lipinski definition) is 2. The summed E-state index contributed by atoms with van der Waals surface area (Å²) in [5.74, 6) is -1.18. The molecule has 0 bridgehead atoms. The van der Waals surface area contributed by atoms with E-state index in [1.54, 1.807) is 4.68 Å². The molecule has 0 amide bonds. The average molecular weight is 558 g/mol. The molecule has 1 aliphatic rings. The van der Waals surface area contributed by atoms with Crippen molar-refractivity contribution in [2.45, 2.75) is 38.0 Å². The van der Waals surface area contributed by atoms with E-state index < -0.39 is 30.8 Å². The van der Waals surface area contributed by atoms with Crippen LogP contribution >= 0.6 is 29.4 Å².